The standard InChI is InChI=1S/C16H16BrFN2O/c17-15-13(5-2-6-14(15)18)16(20-19)10-3-1-4-12(9-10)21-11-7-8-11/h1-6,9,11,16,20H,7-8,19H2. The lowest BCUT2D eigenvalue weighted by molar-refractivity contribution is 0.302. The zero-order valence-electron chi connectivity index (χ0n) is 11.4. The van der Waals surface area contributed by atoms with Crippen LogP contribution in [-0.4, -0.2) is 6.10 Å². The minimum Gasteiger partial charge on any atom is -0.490 e. The van der Waals surface area contributed by atoms with Crippen LogP contribution in [0.25, 0.3) is 0 Å². The maximum atomic E-state index is 13.7. The summed E-state index contributed by atoms with van der Waals surface area (Å²) >= 11 is 3.29. The number of hydrogen-bond donors (Lipinski definition) is 2. The highest BCUT2D eigenvalue weighted by Crippen LogP contribution is 2.33. The summed E-state index contributed by atoms with van der Waals surface area (Å²) in [7, 11) is 0. The molecule has 0 saturated heterocycles. The summed E-state index contributed by atoms with van der Waals surface area (Å²) in [5.41, 5.74) is 4.43. The quantitative estimate of drug-likeness (QED) is 0.638. The molecule has 2 aromatic carbocycles. The van der Waals surface area contributed by atoms with Gasteiger partial charge in [-0.05, 0) is 58.1 Å². The minimum absolute atomic E-state index is 0.307. The molecule has 0 spiro atoms. The van der Waals surface area contributed by atoms with Gasteiger partial charge >= 0.3 is 0 Å². The lowest BCUT2D eigenvalue weighted by atomic mass is 9.99. The van der Waals surface area contributed by atoms with Crippen molar-refractivity contribution in [1.82, 2.24) is 5.43 Å². The molecule has 1 aliphatic rings. The lowest BCUT2D eigenvalue weighted by Crippen LogP contribution is -2.29. The first kappa shape index (κ1) is 14.5. The Morgan fingerprint density at radius 2 is 2.00 bits per heavy atom. The predicted molar refractivity (Wildman–Crippen MR) is 83.4 cm³/mol. The fourth-order valence-corrected chi connectivity index (χ4v) is 2.75. The normalized spacial score (nSPS) is 15.8. The van der Waals surface area contributed by atoms with Crippen LogP contribution in [0.2, 0.25) is 0 Å². The molecule has 21 heavy (non-hydrogen) atoms. The van der Waals surface area contributed by atoms with Gasteiger partial charge in [-0.15, -0.1) is 0 Å². The Morgan fingerprint density at radius 1 is 1.24 bits per heavy atom. The molecule has 3 rings (SSSR count). The fourth-order valence-electron chi connectivity index (χ4n) is 2.25. The monoisotopic (exact) mass is 350 g/mol. The number of rotatable bonds is 5. The van der Waals surface area contributed by atoms with E-state index in [0.717, 1.165) is 29.7 Å². The van der Waals surface area contributed by atoms with Gasteiger partial charge in [0.05, 0.1) is 16.6 Å². The fraction of sp³-hybridized carbons (Fsp3) is 0.250. The van der Waals surface area contributed by atoms with Gasteiger partial charge in [0, 0.05) is 0 Å². The highest BCUT2D eigenvalue weighted by molar-refractivity contribution is 9.10. The molecule has 5 heteroatoms. The zero-order valence-corrected chi connectivity index (χ0v) is 12.9. The molecular weight excluding hydrogens is 335 g/mol. The van der Waals surface area contributed by atoms with Gasteiger partial charge in [-0.1, -0.05) is 24.3 Å². The van der Waals surface area contributed by atoms with Crippen molar-refractivity contribution in [3.8, 4) is 5.75 Å². The Morgan fingerprint density at radius 3 is 2.71 bits per heavy atom. The second kappa shape index (κ2) is 6.13. The number of benzene rings is 2. The zero-order chi connectivity index (χ0) is 14.8. The summed E-state index contributed by atoms with van der Waals surface area (Å²) in [4.78, 5) is 0. The summed E-state index contributed by atoms with van der Waals surface area (Å²) in [5.74, 6) is 6.20. The van der Waals surface area contributed by atoms with Gasteiger partial charge in [-0.3, -0.25) is 5.84 Å². The van der Waals surface area contributed by atoms with Crippen molar-refractivity contribution >= 4 is 15.9 Å². The Balaban J connectivity index is 1.93. The molecule has 0 amide bonds. The molecule has 0 radical (unpaired) electrons. The second-order valence-electron chi connectivity index (χ2n) is 5.13. The molecule has 3 nitrogen and oxygen atoms in total. The number of nitrogens with one attached hydrogen (secondary N) is 1. The van der Waals surface area contributed by atoms with Gasteiger partial charge in [-0.25, -0.2) is 9.82 Å². The van der Waals surface area contributed by atoms with E-state index in [1.165, 1.54) is 6.07 Å². The second-order valence-corrected chi connectivity index (χ2v) is 5.93. The maximum absolute atomic E-state index is 13.7. The van der Waals surface area contributed by atoms with Crippen molar-refractivity contribution in [2.24, 2.45) is 5.84 Å². The van der Waals surface area contributed by atoms with E-state index in [0.29, 0.717) is 10.6 Å². The van der Waals surface area contributed by atoms with Crippen LogP contribution in [0, 0.1) is 5.82 Å². The molecule has 110 valence electrons. The smallest absolute Gasteiger partial charge is 0.137 e. The van der Waals surface area contributed by atoms with Crippen LogP contribution in [0.1, 0.15) is 30.0 Å². The van der Waals surface area contributed by atoms with E-state index in [9.17, 15) is 4.39 Å². The van der Waals surface area contributed by atoms with Gasteiger partial charge in [0.2, 0.25) is 0 Å². The molecule has 3 N–H and O–H groups in total. The third-order valence-electron chi connectivity index (χ3n) is 3.48. The molecular formula is C16H16BrFN2O. The summed E-state index contributed by atoms with van der Waals surface area (Å²) in [5, 5.41) is 0. The molecule has 1 unspecified atom stereocenters. The summed E-state index contributed by atoms with van der Waals surface area (Å²) in [6.45, 7) is 0. The minimum atomic E-state index is -0.308. The van der Waals surface area contributed by atoms with Gasteiger partial charge in [-0.2, -0.15) is 0 Å². The predicted octanol–water partition coefficient (Wildman–Crippen LogP) is 3.68. The highest BCUT2D eigenvalue weighted by atomic mass is 79.9. The highest BCUT2D eigenvalue weighted by Gasteiger charge is 2.24. The van der Waals surface area contributed by atoms with E-state index in [-0.39, 0.29) is 11.9 Å². The average Bonchev–Trinajstić information content (AvgIpc) is 3.29. The Kier molecular flexibility index (Phi) is 4.24. The van der Waals surface area contributed by atoms with Crippen LogP contribution in [0.3, 0.4) is 0 Å². The van der Waals surface area contributed by atoms with E-state index in [1.807, 2.05) is 30.3 Å². The van der Waals surface area contributed by atoms with Crippen LogP contribution < -0.4 is 16.0 Å². The molecule has 1 fully saturated rings. The Labute approximate surface area is 131 Å². The van der Waals surface area contributed by atoms with E-state index in [1.54, 1.807) is 6.07 Å². The average molecular weight is 351 g/mol. The molecule has 1 atom stereocenters. The molecule has 0 bridgehead atoms. The van der Waals surface area contributed by atoms with Crippen LogP contribution in [0.4, 0.5) is 4.39 Å². The Hall–Kier alpha value is -1.43. The van der Waals surface area contributed by atoms with Crippen LogP contribution in [0.15, 0.2) is 46.9 Å². The number of halogens is 2. The van der Waals surface area contributed by atoms with Gasteiger partial charge in [0.25, 0.3) is 0 Å². The third kappa shape index (κ3) is 3.26. The van der Waals surface area contributed by atoms with E-state index in [2.05, 4.69) is 21.4 Å². The largest absolute Gasteiger partial charge is 0.490 e. The first-order valence-corrected chi connectivity index (χ1v) is 7.65. The van der Waals surface area contributed by atoms with E-state index in [4.69, 9.17) is 10.6 Å². The van der Waals surface area contributed by atoms with Crippen LogP contribution in [-0.2, 0) is 0 Å². The third-order valence-corrected chi connectivity index (χ3v) is 4.31. The SMILES string of the molecule is NNC(c1cccc(OC2CC2)c1)c1cccc(F)c1Br. The number of nitrogens with two attached hydrogens (primary N) is 1. The van der Waals surface area contributed by atoms with Crippen LogP contribution >= 0.6 is 15.9 Å². The van der Waals surface area contributed by atoms with Crippen molar-refractivity contribution < 1.29 is 9.13 Å². The Bertz CT molecular complexity index is 646. The van der Waals surface area contributed by atoms with Gasteiger partial charge in [0.1, 0.15) is 11.6 Å². The van der Waals surface area contributed by atoms with Crippen LogP contribution in [0.5, 0.6) is 5.75 Å². The van der Waals surface area contributed by atoms with Crippen molar-refractivity contribution in [1.29, 1.82) is 0 Å². The van der Waals surface area contributed by atoms with Gasteiger partial charge in [0.15, 0.2) is 0 Å². The molecule has 0 aliphatic heterocycles. The molecule has 1 saturated carbocycles. The summed E-state index contributed by atoms with van der Waals surface area (Å²) in [6.07, 6.45) is 2.56. The van der Waals surface area contributed by atoms with E-state index < -0.39 is 0 Å². The van der Waals surface area contributed by atoms with Crippen molar-refractivity contribution in [2.45, 2.75) is 25.0 Å². The number of hydrogen-bond acceptors (Lipinski definition) is 3. The molecule has 1 aliphatic carbocycles. The number of ether oxygens (including phenoxy) is 1. The molecule has 2 aromatic rings. The summed E-state index contributed by atoms with van der Waals surface area (Å²) in [6, 6.07) is 12.4. The van der Waals surface area contributed by atoms with E-state index >= 15 is 0 Å². The topological polar surface area (TPSA) is 47.3 Å². The molecule has 0 aromatic heterocycles. The van der Waals surface area contributed by atoms with Gasteiger partial charge < -0.3 is 4.74 Å². The lowest BCUT2D eigenvalue weighted by Gasteiger charge is -2.19. The maximum Gasteiger partial charge on any atom is 0.137 e. The molecule has 0 heterocycles. The number of hydrazine groups is 1. The van der Waals surface area contributed by atoms with Crippen molar-refractivity contribution in [3.05, 3.63) is 63.9 Å². The first-order valence-electron chi connectivity index (χ1n) is 6.85. The van der Waals surface area contributed by atoms with Crippen molar-refractivity contribution in [2.75, 3.05) is 0 Å². The first-order chi connectivity index (χ1) is 10.2. The van der Waals surface area contributed by atoms with Crippen molar-refractivity contribution in [3.63, 3.8) is 0 Å². The summed E-state index contributed by atoms with van der Waals surface area (Å²) < 4.78 is 19.9.